The number of aliphatic hydroxyl groups is 1. The molecule has 0 unspecified atom stereocenters. The molecular weight excluding hydrogens is 192 g/mol. The van der Waals surface area contributed by atoms with E-state index in [2.05, 4.69) is 11.9 Å². The molecule has 2 N–H and O–H groups in total. The summed E-state index contributed by atoms with van der Waals surface area (Å²) in [6, 6.07) is 0. The zero-order chi connectivity index (χ0) is 11.3. The molecule has 1 rings (SSSR count). The van der Waals surface area contributed by atoms with E-state index in [1.165, 1.54) is 0 Å². The Kier molecular flexibility index (Phi) is 4.78. The number of likely N-dealkylation sites (N-methyl/N-ethyl adjacent to an activating group) is 1. The van der Waals surface area contributed by atoms with Crippen molar-refractivity contribution >= 4 is 5.91 Å². The molecule has 0 heterocycles. The van der Waals surface area contributed by atoms with Crippen LogP contribution in [-0.4, -0.2) is 48.7 Å². The molecular formula is C11H20N2O2. The van der Waals surface area contributed by atoms with E-state index < -0.39 is 0 Å². The van der Waals surface area contributed by atoms with Gasteiger partial charge in [-0.2, -0.15) is 0 Å². The van der Waals surface area contributed by atoms with Crippen LogP contribution < -0.4 is 5.32 Å². The first-order chi connectivity index (χ1) is 7.11. The van der Waals surface area contributed by atoms with Gasteiger partial charge in [-0.05, 0) is 25.8 Å². The molecule has 1 aliphatic rings. The van der Waals surface area contributed by atoms with E-state index in [1.54, 1.807) is 6.08 Å². The Hall–Kier alpha value is -0.870. The number of carbonyl (C=O) groups excluding carboxylic acids is 1. The molecule has 1 amide bonds. The normalized spacial score (nSPS) is 24.7. The topological polar surface area (TPSA) is 52.6 Å². The summed E-state index contributed by atoms with van der Waals surface area (Å²) in [7, 11) is 1.93. The fourth-order valence-electron chi connectivity index (χ4n) is 1.84. The fourth-order valence-corrected chi connectivity index (χ4v) is 1.84. The number of nitrogens with zero attached hydrogens (tertiary/aromatic N) is 1. The minimum Gasteiger partial charge on any atom is -0.393 e. The Morgan fingerprint density at radius 1 is 1.67 bits per heavy atom. The third-order valence-corrected chi connectivity index (χ3v) is 2.64. The fraction of sp³-hybridized carbons (Fsp3) is 0.727. The van der Waals surface area contributed by atoms with Crippen LogP contribution in [0.4, 0.5) is 0 Å². The molecule has 0 aliphatic heterocycles. The molecule has 4 nitrogen and oxygen atoms in total. The maximum atomic E-state index is 11.3. The second kappa shape index (κ2) is 5.88. The lowest BCUT2D eigenvalue weighted by molar-refractivity contribution is -0.122. The quantitative estimate of drug-likeness (QED) is 0.609. The third-order valence-electron chi connectivity index (χ3n) is 2.64. The lowest BCUT2D eigenvalue weighted by atomic mass is 9.82. The number of carbonyl (C=O) groups is 1. The zero-order valence-electron chi connectivity index (χ0n) is 9.28. The first-order valence-corrected chi connectivity index (χ1v) is 5.36. The highest BCUT2D eigenvalue weighted by atomic mass is 16.3. The van der Waals surface area contributed by atoms with Crippen molar-refractivity contribution in [3.05, 3.63) is 12.7 Å². The molecule has 0 aromatic heterocycles. The Bertz CT molecular complexity index is 225. The molecule has 0 spiro atoms. The average Bonchev–Trinajstić information content (AvgIpc) is 2.12. The van der Waals surface area contributed by atoms with Gasteiger partial charge in [0.15, 0.2) is 0 Å². The van der Waals surface area contributed by atoms with E-state index in [4.69, 9.17) is 5.11 Å². The van der Waals surface area contributed by atoms with Gasteiger partial charge in [0.1, 0.15) is 0 Å². The van der Waals surface area contributed by atoms with Crippen LogP contribution >= 0.6 is 0 Å². The number of aliphatic hydroxyl groups excluding tert-OH is 1. The number of rotatable bonds is 6. The third kappa shape index (κ3) is 4.44. The minimum atomic E-state index is -0.113. The Labute approximate surface area is 91.0 Å². The monoisotopic (exact) mass is 212 g/mol. The summed E-state index contributed by atoms with van der Waals surface area (Å²) < 4.78 is 0. The Morgan fingerprint density at radius 2 is 2.33 bits per heavy atom. The predicted octanol–water partition coefficient (Wildman–Crippen LogP) is -0.00870. The van der Waals surface area contributed by atoms with Gasteiger partial charge in [0, 0.05) is 13.1 Å². The number of amides is 1. The van der Waals surface area contributed by atoms with E-state index in [0.29, 0.717) is 19.0 Å². The van der Waals surface area contributed by atoms with Crippen molar-refractivity contribution in [2.45, 2.75) is 18.9 Å². The van der Waals surface area contributed by atoms with Crippen LogP contribution in [0.2, 0.25) is 0 Å². The van der Waals surface area contributed by atoms with Crippen molar-refractivity contribution in [2.75, 3.05) is 26.7 Å². The number of hydrogen-bond acceptors (Lipinski definition) is 3. The van der Waals surface area contributed by atoms with Crippen LogP contribution in [-0.2, 0) is 4.79 Å². The highest BCUT2D eigenvalue weighted by Crippen LogP contribution is 2.27. The van der Waals surface area contributed by atoms with Crippen LogP contribution in [0.1, 0.15) is 12.8 Å². The van der Waals surface area contributed by atoms with Gasteiger partial charge in [-0.15, -0.1) is 6.58 Å². The second-order valence-corrected chi connectivity index (χ2v) is 4.28. The molecule has 1 aliphatic carbocycles. The molecule has 86 valence electrons. The molecule has 0 radical (unpaired) electrons. The van der Waals surface area contributed by atoms with Gasteiger partial charge in [0.05, 0.1) is 12.6 Å². The summed E-state index contributed by atoms with van der Waals surface area (Å²) in [6.07, 6.45) is 3.30. The molecule has 15 heavy (non-hydrogen) atoms. The van der Waals surface area contributed by atoms with E-state index >= 15 is 0 Å². The molecule has 4 heteroatoms. The van der Waals surface area contributed by atoms with Gasteiger partial charge in [0.2, 0.25) is 5.91 Å². The molecule has 0 atom stereocenters. The van der Waals surface area contributed by atoms with Gasteiger partial charge in [-0.1, -0.05) is 6.08 Å². The smallest absolute Gasteiger partial charge is 0.234 e. The summed E-state index contributed by atoms with van der Waals surface area (Å²) in [4.78, 5) is 13.3. The van der Waals surface area contributed by atoms with Crippen molar-refractivity contribution in [1.82, 2.24) is 10.2 Å². The number of nitrogens with one attached hydrogen (secondary N) is 1. The molecule has 0 saturated heterocycles. The molecule has 1 saturated carbocycles. The lowest BCUT2D eigenvalue weighted by Gasteiger charge is -2.34. The Morgan fingerprint density at radius 3 is 2.87 bits per heavy atom. The van der Waals surface area contributed by atoms with Crippen molar-refractivity contribution in [1.29, 1.82) is 0 Å². The van der Waals surface area contributed by atoms with Crippen molar-refractivity contribution in [3.8, 4) is 0 Å². The average molecular weight is 212 g/mol. The van der Waals surface area contributed by atoms with Gasteiger partial charge in [0.25, 0.3) is 0 Å². The standard InChI is InChI=1S/C11H20N2O2/c1-3-4-12-11(15)8-13(2)7-9-5-10(14)6-9/h3,9-10,14H,1,4-8H2,2H3,(H,12,15). The summed E-state index contributed by atoms with van der Waals surface area (Å²) in [5, 5.41) is 11.9. The van der Waals surface area contributed by atoms with Gasteiger partial charge >= 0.3 is 0 Å². The Balaban J connectivity index is 2.09. The van der Waals surface area contributed by atoms with Crippen LogP contribution in [0, 0.1) is 5.92 Å². The highest BCUT2D eigenvalue weighted by molar-refractivity contribution is 5.78. The van der Waals surface area contributed by atoms with Crippen LogP contribution in [0.3, 0.4) is 0 Å². The van der Waals surface area contributed by atoms with Crippen molar-refractivity contribution in [2.24, 2.45) is 5.92 Å². The SMILES string of the molecule is C=CCNC(=O)CN(C)CC1CC(O)C1. The van der Waals surface area contributed by atoms with Gasteiger partial charge in [-0.3, -0.25) is 9.69 Å². The summed E-state index contributed by atoms with van der Waals surface area (Å²) in [5.41, 5.74) is 0. The summed E-state index contributed by atoms with van der Waals surface area (Å²) >= 11 is 0. The maximum Gasteiger partial charge on any atom is 0.234 e. The molecule has 1 fully saturated rings. The predicted molar refractivity (Wildman–Crippen MR) is 59.4 cm³/mol. The van der Waals surface area contributed by atoms with Crippen LogP contribution in [0.5, 0.6) is 0 Å². The van der Waals surface area contributed by atoms with E-state index in [9.17, 15) is 4.79 Å². The largest absolute Gasteiger partial charge is 0.393 e. The zero-order valence-corrected chi connectivity index (χ0v) is 9.28. The molecule has 0 aromatic carbocycles. The summed E-state index contributed by atoms with van der Waals surface area (Å²) in [5.74, 6) is 0.578. The first-order valence-electron chi connectivity index (χ1n) is 5.36. The summed E-state index contributed by atoms with van der Waals surface area (Å²) in [6.45, 7) is 5.36. The van der Waals surface area contributed by atoms with E-state index in [-0.39, 0.29) is 12.0 Å². The van der Waals surface area contributed by atoms with Crippen molar-refractivity contribution < 1.29 is 9.90 Å². The van der Waals surface area contributed by atoms with Gasteiger partial charge < -0.3 is 10.4 Å². The molecule has 0 aromatic rings. The van der Waals surface area contributed by atoms with E-state index in [0.717, 1.165) is 19.4 Å². The minimum absolute atomic E-state index is 0.0253. The first kappa shape index (κ1) is 12.2. The number of hydrogen-bond donors (Lipinski definition) is 2. The second-order valence-electron chi connectivity index (χ2n) is 4.28. The van der Waals surface area contributed by atoms with Crippen LogP contribution in [0.25, 0.3) is 0 Å². The van der Waals surface area contributed by atoms with E-state index in [1.807, 2.05) is 11.9 Å². The van der Waals surface area contributed by atoms with Crippen LogP contribution in [0.15, 0.2) is 12.7 Å². The molecule has 0 bridgehead atoms. The van der Waals surface area contributed by atoms with Gasteiger partial charge in [-0.25, -0.2) is 0 Å². The lowest BCUT2D eigenvalue weighted by Crippen LogP contribution is -2.41. The highest BCUT2D eigenvalue weighted by Gasteiger charge is 2.28. The maximum absolute atomic E-state index is 11.3. The van der Waals surface area contributed by atoms with Crippen molar-refractivity contribution in [3.63, 3.8) is 0 Å².